The average Bonchev–Trinajstić information content (AvgIpc) is 2.28. The molecule has 0 N–H and O–H groups in total. The topological polar surface area (TPSA) is 33.2 Å². The summed E-state index contributed by atoms with van der Waals surface area (Å²) in [5.41, 5.74) is 0.921. The van der Waals surface area contributed by atoms with Gasteiger partial charge in [0.2, 0.25) is 5.91 Å². The number of pyridine rings is 1. The van der Waals surface area contributed by atoms with Crippen molar-refractivity contribution in [2.45, 2.75) is 47.0 Å². The summed E-state index contributed by atoms with van der Waals surface area (Å²) in [5, 5.41) is 0. The number of rotatable bonds is 5. The number of hydrogen-bond acceptors (Lipinski definition) is 2. The van der Waals surface area contributed by atoms with Crippen molar-refractivity contribution < 1.29 is 4.79 Å². The number of carbonyl (C=O) groups is 1. The molecule has 1 rings (SSSR count). The van der Waals surface area contributed by atoms with Crippen molar-refractivity contribution in [3.05, 3.63) is 24.5 Å². The van der Waals surface area contributed by atoms with E-state index in [4.69, 9.17) is 0 Å². The Kier molecular flexibility index (Phi) is 5.32. The molecule has 0 aliphatic carbocycles. The van der Waals surface area contributed by atoms with Crippen LogP contribution in [0, 0.1) is 5.41 Å². The number of amides is 1. The van der Waals surface area contributed by atoms with Crippen LogP contribution in [0.25, 0.3) is 0 Å². The zero-order valence-corrected chi connectivity index (χ0v) is 11.9. The first-order valence-corrected chi connectivity index (χ1v) is 6.64. The molecule has 18 heavy (non-hydrogen) atoms. The molecular formula is C15H24N2O. The van der Waals surface area contributed by atoms with Gasteiger partial charge in [0, 0.05) is 19.2 Å². The summed E-state index contributed by atoms with van der Waals surface area (Å²) in [6.45, 7) is 9.18. The second-order valence-electron chi connectivity index (χ2n) is 5.85. The van der Waals surface area contributed by atoms with Gasteiger partial charge in [-0.05, 0) is 24.0 Å². The van der Waals surface area contributed by atoms with Crippen LogP contribution in [-0.4, -0.2) is 17.4 Å². The number of hydrogen-bond donors (Lipinski definition) is 0. The molecule has 100 valence electrons. The van der Waals surface area contributed by atoms with Crippen LogP contribution in [0.2, 0.25) is 0 Å². The van der Waals surface area contributed by atoms with E-state index in [0.29, 0.717) is 6.42 Å². The fourth-order valence-corrected chi connectivity index (χ4v) is 1.78. The number of carbonyl (C=O) groups excluding carboxylic acids is 1. The van der Waals surface area contributed by atoms with Crippen LogP contribution in [0.4, 0.5) is 5.69 Å². The van der Waals surface area contributed by atoms with Crippen LogP contribution in [0.3, 0.4) is 0 Å². The fourth-order valence-electron chi connectivity index (χ4n) is 1.78. The maximum atomic E-state index is 12.4. The molecule has 0 fully saturated rings. The van der Waals surface area contributed by atoms with E-state index >= 15 is 0 Å². The largest absolute Gasteiger partial charge is 0.311 e. The van der Waals surface area contributed by atoms with Crippen LogP contribution in [0.15, 0.2) is 24.5 Å². The second kappa shape index (κ2) is 6.53. The highest BCUT2D eigenvalue weighted by molar-refractivity contribution is 5.93. The van der Waals surface area contributed by atoms with Crippen molar-refractivity contribution in [2.75, 3.05) is 11.4 Å². The molecule has 0 aromatic carbocycles. The summed E-state index contributed by atoms with van der Waals surface area (Å²) in [6, 6.07) is 3.82. The van der Waals surface area contributed by atoms with E-state index in [1.807, 2.05) is 17.0 Å². The van der Waals surface area contributed by atoms with Crippen molar-refractivity contribution in [3.8, 4) is 0 Å². The van der Waals surface area contributed by atoms with Crippen molar-refractivity contribution in [2.24, 2.45) is 5.41 Å². The molecule has 0 aliphatic heterocycles. The van der Waals surface area contributed by atoms with Gasteiger partial charge in [-0.1, -0.05) is 34.1 Å². The van der Waals surface area contributed by atoms with Gasteiger partial charge in [-0.2, -0.15) is 0 Å². The molecule has 0 bridgehead atoms. The highest BCUT2D eigenvalue weighted by atomic mass is 16.2. The predicted octanol–water partition coefficient (Wildman–Crippen LogP) is 3.65. The zero-order valence-electron chi connectivity index (χ0n) is 11.9. The van der Waals surface area contributed by atoms with Gasteiger partial charge in [0.1, 0.15) is 0 Å². The van der Waals surface area contributed by atoms with Gasteiger partial charge in [-0.15, -0.1) is 0 Å². The van der Waals surface area contributed by atoms with E-state index in [1.165, 1.54) is 0 Å². The highest BCUT2D eigenvalue weighted by Gasteiger charge is 2.22. The van der Waals surface area contributed by atoms with Crippen LogP contribution < -0.4 is 4.90 Å². The molecule has 0 saturated carbocycles. The third kappa shape index (κ3) is 4.86. The van der Waals surface area contributed by atoms with E-state index in [1.54, 1.807) is 12.4 Å². The molecule has 0 unspecified atom stereocenters. The summed E-state index contributed by atoms with van der Waals surface area (Å²) >= 11 is 0. The van der Waals surface area contributed by atoms with Crippen molar-refractivity contribution >= 4 is 11.6 Å². The number of unbranched alkanes of at least 4 members (excludes halogenated alkanes) is 1. The normalized spacial score (nSPS) is 11.3. The minimum atomic E-state index is 0.0176. The van der Waals surface area contributed by atoms with E-state index in [-0.39, 0.29) is 11.3 Å². The summed E-state index contributed by atoms with van der Waals surface area (Å²) in [5.74, 6) is 0.184. The van der Waals surface area contributed by atoms with Gasteiger partial charge in [0.05, 0.1) is 11.9 Å². The monoisotopic (exact) mass is 248 g/mol. The first kappa shape index (κ1) is 14.7. The van der Waals surface area contributed by atoms with Gasteiger partial charge in [0.25, 0.3) is 0 Å². The van der Waals surface area contributed by atoms with E-state index < -0.39 is 0 Å². The summed E-state index contributed by atoms with van der Waals surface area (Å²) in [7, 11) is 0. The van der Waals surface area contributed by atoms with Gasteiger partial charge in [0.15, 0.2) is 0 Å². The van der Waals surface area contributed by atoms with Crippen LogP contribution in [0.1, 0.15) is 47.0 Å². The van der Waals surface area contributed by atoms with E-state index in [2.05, 4.69) is 32.7 Å². The average molecular weight is 248 g/mol. The van der Waals surface area contributed by atoms with E-state index in [9.17, 15) is 4.79 Å². The quantitative estimate of drug-likeness (QED) is 0.797. The smallest absolute Gasteiger partial charge is 0.227 e. The van der Waals surface area contributed by atoms with Crippen molar-refractivity contribution in [3.63, 3.8) is 0 Å². The Bertz CT molecular complexity index is 368. The summed E-state index contributed by atoms with van der Waals surface area (Å²) in [4.78, 5) is 18.3. The lowest BCUT2D eigenvalue weighted by Gasteiger charge is -2.26. The third-order valence-electron chi connectivity index (χ3n) is 2.68. The second-order valence-corrected chi connectivity index (χ2v) is 5.85. The molecule has 1 heterocycles. The molecule has 0 spiro atoms. The van der Waals surface area contributed by atoms with Crippen LogP contribution in [-0.2, 0) is 4.79 Å². The maximum absolute atomic E-state index is 12.4. The number of aromatic nitrogens is 1. The third-order valence-corrected chi connectivity index (χ3v) is 2.68. The van der Waals surface area contributed by atoms with Gasteiger partial charge in [-0.3, -0.25) is 9.78 Å². The molecule has 3 nitrogen and oxygen atoms in total. The number of anilines is 1. The molecule has 0 atom stereocenters. The first-order valence-electron chi connectivity index (χ1n) is 6.64. The maximum Gasteiger partial charge on any atom is 0.227 e. The van der Waals surface area contributed by atoms with Crippen LogP contribution in [0.5, 0.6) is 0 Å². The lowest BCUT2D eigenvalue weighted by atomic mass is 9.91. The SMILES string of the molecule is CCCCN(C(=O)CC(C)(C)C)c1cccnc1. The Balaban J connectivity index is 2.82. The van der Waals surface area contributed by atoms with Crippen LogP contribution >= 0.6 is 0 Å². The fraction of sp³-hybridized carbons (Fsp3) is 0.600. The summed E-state index contributed by atoms with van der Waals surface area (Å²) < 4.78 is 0. The summed E-state index contributed by atoms with van der Waals surface area (Å²) in [6.07, 6.45) is 6.15. The zero-order chi connectivity index (χ0) is 13.6. The molecule has 0 aliphatic rings. The molecule has 0 radical (unpaired) electrons. The number of nitrogens with zero attached hydrogens (tertiary/aromatic N) is 2. The predicted molar refractivity (Wildman–Crippen MR) is 75.6 cm³/mol. The first-order chi connectivity index (χ1) is 8.44. The minimum absolute atomic E-state index is 0.0176. The Morgan fingerprint density at radius 3 is 2.61 bits per heavy atom. The Hall–Kier alpha value is -1.38. The Morgan fingerprint density at radius 1 is 1.39 bits per heavy atom. The molecule has 1 aromatic rings. The highest BCUT2D eigenvalue weighted by Crippen LogP contribution is 2.23. The van der Waals surface area contributed by atoms with Gasteiger partial charge in [-0.25, -0.2) is 0 Å². The lowest BCUT2D eigenvalue weighted by molar-refractivity contribution is -0.120. The Morgan fingerprint density at radius 2 is 2.11 bits per heavy atom. The lowest BCUT2D eigenvalue weighted by Crippen LogP contribution is -2.34. The standard InChI is InChI=1S/C15H24N2O/c1-5-6-10-17(13-8-7-9-16-12-13)14(18)11-15(2,3)4/h7-9,12H,5-6,10-11H2,1-4H3. The molecular weight excluding hydrogens is 224 g/mol. The molecule has 3 heteroatoms. The van der Waals surface area contributed by atoms with E-state index in [0.717, 1.165) is 25.1 Å². The van der Waals surface area contributed by atoms with Crippen molar-refractivity contribution in [1.29, 1.82) is 0 Å². The van der Waals surface area contributed by atoms with Gasteiger partial charge < -0.3 is 4.90 Å². The van der Waals surface area contributed by atoms with Crippen molar-refractivity contribution in [1.82, 2.24) is 4.98 Å². The molecule has 0 saturated heterocycles. The molecule has 1 aromatic heterocycles. The Labute approximate surface area is 110 Å². The molecule has 1 amide bonds. The minimum Gasteiger partial charge on any atom is -0.311 e. The van der Waals surface area contributed by atoms with Gasteiger partial charge >= 0.3 is 0 Å².